The van der Waals surface area contributed by atoms with Crippen LogP contribution in [0.1, 0.15) is 11.5 Å². The second-order valence-corrected chi connectivity index (χ2v) is 8.93. The van der Waals surface area contributed by atoms with Crippen molar-refractivity contribution in [3.8, 4) is 11.1 Å². The van der Waals surface area contributed by atoms with Crippen LogP contribution in [0.5, 0.6) is 0 Å². The fourth-order valence-electron chi connectivity index (χ4n) is 3.24. The van der Waals surface area contributed by atoms with Crippen LogP contribution in [0.2, 0.25) is 0 Å². The smallest absolute Gasteiger partial charge is 0.319 e. The number of benzene rings is 3. The van der Waals surface area contributed by atoms with Crippen molar-refractivity contribution in [1.82, 2.24) is 10.5 Å². The van der Waals surface area contributed by atoms with Gasteiger partial charge in [-0.2, -0.15) is 0 Å². The minimum Gasteiger partial charge on any atom is -0.361 e. The molecule has 8 nitrogen and oxygen atoms in total. The molecule has 0 radical (unpaired) electrons. The highest BCUT2D eigenvalue weighted by Gasteiger charge is 2.19. The number of anilines is 2. The lowest BCUT2D eigenvalue weighted by molar-refractivity contribution is 0.251. The molecule has 0 unspecified atom stereocenters. The highest BCUT2D eigenvalue weighted by Crippen LogP contribution is 2.28. The number of aromatic nitrogens is 1. The standard InChI is InChI=1S/C24H22N4O4S/c1-17-15-21(27-32-17)16-25-24(29)26-19-11-13-20(14-12-19)28-33(30,31)23-10-6-5-9-22(23)18-7-3-2-4-8-18/h2-15,28H,16H2,1H3,(H2,25,26,29). The Bertz CT molecular complexity index is 1350. The molecule has 0 spiro atoms. The van der Waals surface area contributed by atoms with Gasteiger partial charge in [-0.15, -0.1) is 0 Å². The number of hydrogen-bond donors (Lipinski definition) is 3. The number of carbonyl (C=O) groups is 1. The molecule has 0 aliphatic carbocycles. The summed E-state index contributed by atoms with van der Waals surface area (Å²) in [7, 11) is -3.83. The van der Waals surface area contributed by atoms with Gasteiger partial charge in [-0.1, -0.05) is 53.7 Å². The third kappa shape index (κ3) is 5.58. The van der Waals surface area contributed by atoms with E-state index in [9.17, 15) is 13.2 Å². The van der Waals surface area contributed by atoms with E-state index in [1.807, 2.05) is 30.3 Å². The number of carbonyl (C=O) groups excluding carboxylic acids is 1. The van der Waals surface area contributed by atoms with Crippen molar-refractivity contribution >= 4 is 27.4 Å². The normalized spacial score (nSPS) is 11.1. The minimum atomic E-state index is -3.83. The molecular weight excluding hydrogens is 440 g/mol. The van der Waals surface area contributed by atoms with Gasteiger partial charge in [0.2, 0.25) is 0 Å². The molecule has 0 aliphatic heterocycles. The van der Waals surface area contributed by atoms with Gasteiger partial charge in [0.25, 0.3) is 10.0 Å². The highest BCUT2D eigenvalue weighted by molar-refractivity contribution is 7.92. The van der Waals surface area contributed by atoms with E-state index in [1.165, 1.54) is 0 Å². The first-order valence-electron chi connectivity index (χ1n) is 10.1. The summed E-state index contributed by atoms with van der Waals surface area (Å²) in [5.41, 5.74) is 2.93. The second-order valence-electron chi connectivity index (χ2n) is 7.28. The Morgan fingerprint density at radius 3 is 2.27 bits per heavy atom. The van der Waals surface area contributed by atoms with Crippen LogP contribution in [-0.2, 0) is 16.6 Å². The first-order chi connectivity index (χ1) is 15.9. The molecule has 1 heterocycles. The zero-order chi connectivity index (χ0) is 23.3. The van der Waals surface area contributed by atoms with Gasteiger partial charge in [0.1, 0.15) is 11.5 Å². The number of rotatable bonds is 7. The maximum atomic E-state index is 13.1. The highest BCUT2D eigenvalue weighted by atomic mass is 32.2. The Morgan fingerprint density at radius 1 is 0.909 bits per heavy atom. The second kappa shape index (κ2) is 9.58. The van der Waals surface area contributed by atoms with Crippen LogP contribution in [0.4, 0.5) is 16.2 Å². The van der Waals surface area contributed by atoms with Gasteiger partial charge in [-0.25, -0.2) is 13.2 Å². The fourth-order valence-corrected chi connectivity index (χ4v) is 4.53. The van der Waals surface area contributed by atoms with Crippen molar-refractivity contribution in [2.75, 3.05) is 10.0 Å². The number of sulfonamides is 1. The van der Waals surface area contributed by atoms with Gasteiger partial charge in [0.05, 0.1) is 11.4 Å². The Kier molecular flexibility index (Phi) is 6.41. The van der Waals surface area contributed by atoms with E-state index >= 15 is 0 Å². The molecule has 4 aromatic rings. The van der Waals surface area contributed by atoms with E-state index in [-0.39, 0.29) is 11.4 Å². The van der Waals surface area contributed by atoms with Crippen molar-refractivity contribution in [3.63, 3.8) is 0 Å². The lowest BCUT2D eigenvalue weighted by Crippen LogP contribution is -2.28. The van der Waals surface area contributed by atoms with Crippen molar-refractivity contribution < 1.29 is 17.7 Å². The van der Waals surface area contributed by atoms with Crippen molar-refractivity contribution in [2.45, 2.75) is 18.4 Å². The third-order valence-electron chi connectivity index (χ3n) is 4.76. The van der Waals surface area contributed by atoms with Crippen molar-refractivity contribution in [2.24, 2.45) is 0 Å². The van der Waals surface area contributed by atoms with Crippen molar-refractivity contribution in [1.29, 1.82) is 0 Å². The number of urea groups is 1. The first-order valence-corrected chi connectivity index (χ1v) is 11.6. The average Bonchev–Trinajstić information content (AvgIpc) is 3.24. The summed E-state index contributed by atoms with van der Waals surface area (Å²) in [5, 5.41) is 9.17. The van der Waals surface area contributed by atoms with E-state index in [0.29, 0.717) is 28.4 Å². The lowest BCUT2D eigenvalue weighted by Gasteiger charge is -2.13. The summed E-state index contributed by atoms with van der Waals surface area (Å²) < 4.78 is 33.7. The van der Waals surface area contributed by atoms with E-state index in [4.69, 9.17) is 4.52 Å². The Morgan fingerprint density at radius 2 is 1.58 bits per heavy atom. The van der Waals surface area contributed by atoms with Crippen LogP contribution in [0.25, 0.3) is 11.1 Å². The molecule has 3 aromatic carbocycles. The molecule has 0 atom stereocenters. The van der Waals surface area contributed by atoms with Gasteiger partial charge in [0.15, 0.2) is 0 Å². The molecule has 168 valence electrons. The number of amides is 2. The van der Waals surface area contributed by atoms with E-state index in [1.54, 1.807) is 61.5 Å². The molecule has 0 bridgehead atoms. The topological polar surface area (TPSA) is 113 Å². The van der Waals surface area contributed by atoms with Crippen LogP contribution in [-0.4, -0.2) is 19.6 Å². The van der Waals surface area contributed by atoms with Crippen LogP contribution >= 0.6 is 0 Å². The zero-order valence-electron chi connectivity index (χ0n) is 17.8. The summed E-state index contributed by atoms with van der Waals surface area (Å²) in [6.07, 6.45) is 0. The molecule has 0 aliphatic rings. The monoisotopic (exact) mass is 462 g/mol. The third-order valence-corrected chi connectivity index (χ3v) is 6.20. The zero-order valence-corrected chi connectivity index (χ0v) is 18.6. The number of aryl methyl sites for hydroxylation is 1. The summed E-state index contributed by atoms with van der Waals surface area (Å²) in [6, 6.07) is 23.9. The van der Waals surface area contributed by atoms with Crippen molar-refractivity contribution in [3.05, 3.63) is 96.4 Å². The maximum Gasteiger partial charge on any atom is 0.319 e. The average molecular weight is 463 g/mol. The van der Waals surface area contributed by atoms with Crippen LogP contribution < -0.4 is 15.4 Å². The van der Waals surface area contributed by atoms with Crippen LogP contribution in [0.3, 0.4) is 0 Å². The molecule has 3 N–H and O–H groups in total. The molecular formula is C24H22N4O4S. The maximum absolute atomic E-state index is 13.1. The fraction of sp³-hybridized carbons (Fsp3) is 0.0833. The minimum absolute atomic E-state index is 0.181. The molecule has 0 saturated carbocycles. The largest absolute Gasteiger partial charge is 0.361 e. The summed E-state index contributed by atoms with van der Waals surface area (Å²) in [6.45, 7) is 1.99. The van der Waals surface area contributed by atoms with E-state index in [0.717, 1.165) is 5.56 Å². The number of hydrogen-bond acceptors (Lipinski definition) is 5. The van der Waals surface area contributed by atoms with Crippen LogP contribution in [0, 0.1) is 6.92 Å². The summed E-state index contributed by atoms with van der Waals surface area (Å²) >= 11 is 0. The quantitative estimate of drug-likeness (QED) is 0.366. The predicted octanol–water partition coefficient (Wildman–Crippen LogP) is 4.77. The predicted molar refractivity (Wildman–Crippen MR) is 126 cm³/mol. The van der Waals surface area contributed by atoms with Gasteiger partial charge in [-0.3, -0.25) is 4.72 Å². The first kappa shape index (κ1) is 22.1. The molecule has 4 rings (SSSR count). The molecule has 1 aromatic heterocycles. The van der Waals surface area contributed by atoms with Crippen LogP contribution in [0.15, 0.2) is 94.3 Å². The van der Waals surface area contributed by atoms with Gasteiger partial charge in [-0.05, 0) is 42.8 Å². The van der Waals surface area contributed by atoms with Gasteiger partial charge in [0, 0.05) is 23.0 Å². The number of nitrogens with zero attached hydrogens (tertiary/aromatic N) is 1. The van der Waals surface area contributed by atoms with E-state index < -0.39 is 16.1 Å². The SMILES string of the molecule is Cc1cc(CNC(=O)Nc2ccc(NS(=O)(=O)c3ccccc3-c3ccccc3)cc2)no1. The summed E-state index contributed by atoms with van der Waals surface area (Å²) in [4.78, 5) is 12.3. The Balaban J connectivity index is 1.42. The van der Waals surface area contributed by atoms with Gasteiger partial charge >= 0.3 is 6.03 Å². The number of nitrogens with one attached hydrogen (secondary N) is 3. The summed E-state index contributed by atoms with van der Waals surface area (Å²) in [5.74, 6) is 0.664. The molecule has 0 saturated heterocycles. The molecule has 0 fully saturated rings. The van der Waals surface area contributed by atoms with Gasteiger partial charge < -0.3 is 15.2 Å². The lowest BCUT2D eigenvalue weighted by atomic mass is 10.1. The Hall–Kier alpha value is -4.11. The molecule has 2 amide bonds. The molecule has 9 heteroatoms. The Labute approximate surface area is 191 Å². The van der Waals surface area contributed by atoms with E-state index in [2.05, 4.69) is 20.5 Å². The molecule has 33 heavy (non-hydrogen) atoms.